The predicted molar refractivity (Wildman–Crippen MR) is 78.9 cm³/mol. The van der Waals surface area contributed by atoms with E-state index in [9.17, 15) is 15.2 Å². The van der Waals surface area contributed by atoms with E-state index in [0.29, 0.717) is 18.7 Å². The third kappa shape index (κ3) is 2.55. The average molecular weight is 292 g/mol. The molecule has 0 saturated carbocycles. The minimum Gasteiger partial charge on any atom is -0.487 e. The molecular formula is C15H20N2O4. The van der Waals surface area contributed by atoms with Crippen molar-refractivity contribution in [3.63, 3.8) is 0 Å². The van der Waals surface area contributed by atoms with Gasteiger partial charge in [-0.2, -0.15) is 0 Å². The molecule has 1 aromatic carbocycles. The number of ether oxygens (including phenoxy) is 1. The van der Waals surface area contributed by atoms with E-state index in [2.05, 4.69) is 0 Å². The van der Waals surface area contributed by atoms with Crippen LogP contribution in [0.5, 0.6) is 5.75 Å². The number of nitro benzene ring substituents is 1. The summed E-state index contributed by atoms with van der Waals surface area (Å²) in [6.45, 7) is 5.47. The molecule has 0 amide bonds. The second kappa shape index (κ2) is 4.87. The summed E-state index contributed by atoms with van der Waals surface area (Å²) in [7, 11) is 0. The van der Waals surface area contributed by atoms with Gasteiger partial charge in [-0.1, -0.05) is 0 Å². The van der Waals surface area contributed by atoms with Crippen LogP contribution in [0.15, 0.2) is 12.1 Å². The molecule has 114 valence electrons. The standard InChI is InChI=1S/C15H20N2O4/c1-15(2)7-11-5-13(17(19)20)12(6-14(11)21-15)16-4-3-10(8-16)9-18/h5-6,10,18H,3-4,7-9H2,1-2H3/t10-/m0/s1. The number of fused-ring (bicyclic) bond motifs is 1. The number of hydrogen-bond donors (Lipinski definition) is 1. The number of aliphatic hydroxyl groups excluding tert-OH is 1. The van der Waals surface area contributed by atoms with Gasteiger partial charge in [0.15, 0.2) is 0 Å². The smallest absolute Gasteiger partial charge is 0.293 e. The molecule has 6 nitrogen and oxygen atoms in total. The minimum absolute atomic E-state index is 0.124. The van der Waals surface area contributed by atoms with Crippen LogP contribution in [0.2, 0.25) is 0 Å². The van der Waals surface area contributed by atoms with Crippen molar-refractivity contribution in [1.82, 2.24) is 0 Å². The maximum Gasteiger partial charge on any atom is 0.293 e. The summed E-state index contributed by atoms with van der Waals surface area (Å²) in [5.41, 5.74) is 1.32. The summed E-state index contributed by atoms with van der Waals surface area (Å²) < 4.78 is 5.88. The average Bonchev–Trinajstić information content (AvgIpc) is 2.98. The number of nitro groups is 1. The predicted octanol–water partition coefficient (Wildman–Crippen LogP) is 2.13. The summed E-state index contributed by atoms with van der Waals surface area (Å²) >= 11 is 0. The Bertz CT molecular complexity index is 585. The molecular weight excluding hydrogens is 272 g/mol. The van der Waals surface area contributed by atoms with Crippen molar-refractivity contribution in [2.24, 2.45) is 5.92 Å². The van der Waals surface area contributed by atoms with Gasteiger partial charge in [-0.05, 0) is 20.3 Å². The van der Waals surface area contributed by atoms with E-state index in [4.69, 9.17) is 4.74 Å². The van der Waals surface area contributed by atoms with Gasteiger partial charge < -0.3 is 14.7 Å². The highest BCUT2D eigenvalue weighted by atomic mass is 16.6. The van der Waals surface area contributed by atoms with Crippen LogP contribution in [0, 0.1) is 16.0 Å². The van der Waals surface area contributed by atoms with Gasteiger partial charge in [0.1, 0.15) is 17.0 Å². The molecule has 0 aromatic heterocycles. The molecule has 0 radical (unpaired) electrons. The van der Waals surface area contributed by atoms with Gasteiger partial charge in [-0.25, -0.2) is 0 Å². The third-order valence-corrected chi connectivity index (χ3v) is 4.24. The Morgan fingerprint density at radius 2 is 2.29 bits per heavy atom. The molecule has 2 aliphatic rings. The monoisotopic (exact) mass is 292 g/mol. The van der Waals surface area contributed by atoms with Crippen LogP contribution in [0.25, 0.3) is 0 Å². The van der Waals surface area contributed by atoms with Crippen molar-refractivity contribution >= 4 is 11.4 Å². The van der Waals surface area contributed by atoms with Gasteiger partial charge in [-0.15, -0.1) is 0 Å². The van der Waals surface area contributed by atoms with Crippen LogP contribution in [-0.4, -0.2) is 35.3 Å². The van der Waals surface area contributed by atoms with Crippen LogP contribution in [0.3, 0.4) is 0 Å². The molecule has 2 heterocycles. The topological polar surface area (TPSA) is 75.8 Å². The van der Waals surface area contributed by atoms with Crippen molar-refractivity contribution in [2.75, 3.05) is 24.6 Å². The van der Waals surface area contributed by atoms with Crippen molar-refractivity contribution in [3.05, 3.63) is 27.8 Å². The quantitative estimate of drug-likeness (QED) is 0.682. The molecule has 2 aliphatic heterocycles. The lowest BCUT2D eigenvalue weighted by Crippen LogP contribution is -2.24. The second-order valence-corrected chi connectivity index (χ2v) is 6.53. The minimum atomic E-state index is -0.326. The Morgan fingerprint density at radius 1 is 1.52 bits per heavy atom. The van der Waals surface area contributed by atoms with Gasteiger partial charge in [-0.3, -0.25) is 10.1 Å². The third-order valence-electron chi connectivity index (χ3n) is 4.24. The first-order valence-electron chi connectivity index (χ1n) is 7.26. The fourth-order valence-electron chi connectivity index (χ4n) is 3.23. The van der Waals surface area contributed by atoms with E-state index in [-0.39, 0.29) is 28.7 Å². The number of hydrogen-bond acceptors (Lipinski definition) is 5. The Balaban J connectivity index is 1.99. The SMILES string of the molecule is CC1(C)Cc2cc([N+](=O)[O-])c(N3CC[C@H](CO)C3)cc2O1. The van der Waals surface area contributed by atoms with Crippen molar-refractivity contribution in [2.45, 2.75) is 32.3 Å². The molecule has 0 unspecified atom stereocenters. The highest BCUT2D eigenvalue weighted by Crippen LogP contribution is 2.43. The van der Waals surface area contributed by atoms with Crippen LogP contribution < -0.4 is 9.64 Å². The van der Waals surface area contributed by atoms with E-state index in [0.717, 1.165) is 24.3 Å². The van der Waals surface area contributed by atoms with Crippen molar-refractivity contribution < 1.29 is 14.8 Å². The molecule has 0 bridgehead atoms. The first-order chi connectivity index (χ1) is 9.89. The fourth-order valence-corrected chi connectivity index (χ4v) is 3.23. The molecule has 1 fully saturated rings. The number of rotatable bonds is 3. The Labute approximate surface area is 123 Å². The Kier molecular flexibility index (Phi) is 3.28. The van der Waals surface area contributed by atoms with Crippen LogP contribution >= 0.6 is 0 Å². The molecule has 1 atom stereocenters. The van der Waals surface area contributed by atoms with Gasteiger partial charge in [0.25, 0.3) is 5.69 Å². The molecule has 1 aromatic rings. The van der Waals surface area contributed by atoms with E-state index in [1.54, 1.807) is 12.1 Å². The summed E-state index contributed by atoms with van der Waals surface area (Å²) in [6, 6.07) is 3.44. The first-order valence-corrected chi connectivity index (χ1v) is 7.26. The molecule has 21 heavy (non-hydrogen) atoms. The molecule has 1 N–H and O–H groups in total. The zero-order valence-electron chi connectivity index (χ0n) is 12.3. The van der Waals surface area contributed by atoms with E-state index in [1.807, 2.05) is 18.7 Å². The first kappa shape index (κ1) is 14.1. The number of benzene rings is 1. The van der Waals surface area contributed by atoms with Crippen LogP contribution in [0.4, 0.5) is 11.4 Å². The summed E-state index contributed by atoms with van der Waals surface area (Å²) in [5, 5.41) is 20.6. The highest BCUT2D eigenvalue weighted by Gasteiger charge is 2.35. The van der Waals surface area contributed by atoms with Crippen molar-refractivity contribution in [1.29, 1.82) is 0 Å². The van der Waals surface area contributed by atoms with E-state index < -0.39 is 0 Å². The largest absolute Gasteiger partial charge is 0.487 e. The highest BCUT2D eigenvalue weighted by molar-refractivity contribution is 5.69. The molecule has 0 spiro atoms. The van der Waals surface area contributed by atoms with Crippen molar-refractivity contribution in [3.8, 4) is 5.75 Å². The number of aliphatic hydroxyl groups is 1. The Hall–Kier alpha value is -1.82. The maximum absolute atomic E-state index is 11.4. The maximum atomic E-state index is 11.4. The fraction of sp³-hybridized carbons (Fsp3) is 0.600. The van der Waals surface area contributed by atoms with Crippen LogP contribution in [-0.2, 0) is 6.42 Å². The van der Waals surface area contributed by atoms with Gasteiger partial charge in [0, 0.05) is 49.7 Å². The normalized spacial score (nSPS) is 23.0. The zero-order valence-corrected chi connectivity index (χ0v) is 12.3. The van der Waals surface area contributed by atoms with Gasteiger partial charge in [0.2, 0.25) is 0 Å². The lowest BCUT2D eigenvalue weighted by Gasteiger charge is -2.20. The molecule has 6 heteroatoms. The summed E-state index contributed by atoms with van der Waals surface area (Å²) in [6.07, 6.45) is 1.54. The van der Waals surface area contributed by atoms with Gasteiger partial charge >= 0.3 is 0 Å². The number of nitrogens with zero attached hydrogens (tertiary/aromatic N) is 2. The molecule has 3 rings (SSSR count). The summed E-state index contributed by atoms with van der Waals surface area (Å²) in [5.74, 6) is 0.934. The number of anilines is 1. The summed E-state index contributed by atoms with van der Waals surface area (Å²) in [4.78, 5) is 13.0. The second-order valence-electron chi connectivity index (χ2n) is 6.53. The zero-order chi connectivity index (χ0) is 15.2. The van der Waals surface area contributed by atoms with E-state index in [1.165, 1.54) is 0 Å². The van der Waals surface area contributed by atoms with Crippen LogP contribution in [0.1, 0.15) is 25.8 Å². The lowest BCUT2D eigenvalue weighted by atomic mass is 10.0. The van der Waals surface area contributed by atoms with E-state index >= 15 is 0 Å². The van der Waals surface area contributed by atoms with Gasteiger partial charge in [0.05, 0.1) is 4.92 Å². The molecule has 0 aliphatic carbocycles. The molecule has 1 saturated heterocycles. The Morgan fingerprint density at radius 3 is 2.90 bits per heavy atom. The lowest BCUT2D eigenvalue weighted by molar-refractivity contribution is -0.384.